The van der Waals surface area contributed by atoms with Gasteiger partial charge in [-0.1, -0.05) is 5.16 Å². The lowest BCUT2D eigenvalue weighted by molar-refractivity contribution is 0.0763. The van der Waals surface area contributed by atoms with Gasteiger partial charge in [-0.3, -0.25) is 9.48 Å². The van der Waals surface area contributed by atoms with Gasteiger partial charge < -0.3 is 14.2 Å². The van der Waals surface area contributed by atoms with E-state index in [9.17, 15) is 4.79 Å². The number of amides is 1. The van der Waals surface area contributed by atoms with Gasteiger partial charge >= 0.3 is 0 Å². The number of hydrogen-bond donors (Lipinski definition) is 0. The van der Waals surface area contributed by atoms with Crippen molar-refractivity contribution in [2.24, 2.45) is 5.92 Å². The minimum Gasteiger partial charge on any atom is -0.384 e. The molecule has 1 fully saturated rings. The largest absolute Gasteiger partial charge is 0.384 e. The minimum atomic E-state index is -0.0239. The van der Waals surface area contributed by atoms with E-state index < -0.39 is 0 Å². The summed E-state index contributed by atoms with van der Waals surface area (Å²) in [4.78, 5) is 18.9. The smallest absolute Gasteiger partial charge is 0.272 e. The fourth-order valence-electron chi connectivity index (χ4n) is 3.09. The van der Waals surface area contributed by atoms with Gasteiger partial charge in [-0.05, 0) is 19.9 Å². The molecule has 2 aromatic heterocycles. The topological polar surface area (TPSA) is 86.3 Å². The molecule has 0 bridgehead atoms. The number of hydrogen-bond acceptors (Lipinski definition) is 6. The molecular weight excluding hydrogens is 298 g/mol. The van der Waals surface area contributed by atoms with Gasteiger partial charge in [0.25, 0.3) is 5.91 Å². The Balaban J connectivity index is 1.81. The number of aryl methyl sites for hydroxylation is 2. The van der Waals surface area contributed by atoms with E-state index in [-0.39, 0.29) is 17.7 Å². The molecule has 2 atom stereocenters. The van der Waals surface area contributed by atoms with Crippen LogP contribution < -0.4 is 0 Å². The molecule has 0 saturated carbocycles. The third kappa shape index (κ3) is 2.98. The van der Waals surface area contributed by atoms with Crippen molar-refractivity contribution in [3.05, 3.63) is 29.7 Å². The zero-order chi connectivity index (χ0) is 16.4. The molecule has 0 aliphatic carbocycles. The number of nitrogens with zero attached hydrogens (tertiary/aromatic N) is 5. The maximum atomic E-state index is 12.8. The van der Waals surface area contributed by atoms with Crippen molar-refractivity contribution in [1.29, 1.82) is 0 Å². The highest BCUT2D eigenvalue weighted by atomic mass is 16.5. The van der Waals surface area contributed by atoms with Crippen molar-refractivity contribution in [3.8, 4) is 0 Å². The van der Waals surface area contributed by atoms with Crippen molar-refractivity contribution in [3.63, 3.8) is 0 Å². The minimum absolute atomic E-state index is 0.00176. The van der Waals surface area contributed by atoms with Gasteiger partial charge in [0, 0.05) is 38.9 Å². The predicted octanol–water partition coefficient (Wildman–Crippen LogP) is 1.10. The van der Waals surface area contributed by atoms with E-state index in [1.54, 1.807) is 31.0 Å². The Bertz CT molecular complexity index is 680. The lowest BCUT2D eigenvalue weighted by atomic mass is 9.97. The Hall–Kier alpha value is -2.22. The first-order valence-electron chi connectivity index (χ1n) is 7.74. The lowest BCUT2D eigenvalue weighted by Crippen LogP contribution is -2.31. The average molecular weight is 319 g/mol. The summed E-state index contributed by atoms with van der Waals surface area (Å²) >= 11 is 0. The molecule has 1 amide bonds. The van der Waals surface area contributed by atoms with Crippen LogP contribution in [0.25, 0.3) is 0 Å². The second-order valence-electron chi connectivity index (χ2n) is 5.74. The molecule has 8 heteroatoms. The van der Waals surface area contributed by atoms with Crippen LogP contribution in [0, 0.1) is 12.8 Å². The molecule has 1 saturated heterocycles. The van der Waals surface area contributed by atoms with Crippen LogP contribution in [0.4, 0.5) is 0 Å². The maximum Gasteiger partial charge on any atom is 0.272 e. The Morgan fingerprint density at radius 3 is 2.96 bits per heavy atom. The molecule has 1 aliphatic rings. The Morgan fingerprint density at radius 2 is 2.30 bits per heavy atom. The molecule has 3 rings (SSSR count). The molecule has 1 aliphatic heterocycles. The van der Waals surface area contributed by atoms with Crippen LogP contribution in [0.2, 0.25) is 0 Å². The zero-order valence-corrected chi connectivity index (χ0v) is 13.6. The highest BCUT2D eigenvalue weighted by Crippen LogP contribution is 2.32. The number of aromatic nitrogens is 4. The number of methoxy groups -OCH3 is 1. The van der Waals surface area contributed by atoms with Crippen LogP contribution in [0.5, 0.6) is 0 Å². The second-order valence-corrected chi connectivity index (χ2v) is 5.74. The monoisotopic (exact) mass is 319 g/mol. The first-order valence-corrected chi connectivity index (χ1v) is 7.74. The first kappa shape index (κ1) is 15.7. The molecule has 3 heterocycles. The van der Waals surface area contributed by atoms with E-state index in [2.05, 4.69) is 15.2 Å². The molecule has 0 spiro atoms. The number of carbonyl (C=O) groups is 1. The SMILES string of the molecule is CCn1nccc1C(=O)N1C[C@@H](COC)[C@H](c2nc(C)no2)C1. The third-order valence-corrected chi connectivity index (χ3v) is 4.20. The van der Waals surface area contributed by atoms with Gasteiger partial charge in [0.2, 0.25) is 5.89 Å². The average Bonchev–Trinajstić information content (AvgIpc) is 3.25. The summed E-state index contributed by atoms with van der Waals surface area (Å²) in [7, 11) is 1.66. The van der Waals surface area contributed by atoms with E-state index in [0.29, 0.717) is 43.7 Å². The van der Waals surface area contributed by atoms with Crippen LogP contribution in [0.1, 0.15) is 35.0 Å². The normalized spacial score (nSPS) is 21.1. The highest BCUT2D eigenvalue weighted by Gasteiger charge is 2.40. The van der Waals surface area contributed by atoms with Crippen LogP contribution in [0.3, 0.4) is 0 Å². The van der Waals surface area contributed by atoms with Gasteiger partial charge in [-0.2, -0.15) is 10.1 Å². The molecule has 124 valence electrons. The van der Waals surface area contributed by atoms with Crippen LogP contribution in [-0.4, -0.2) is 57.5 Å². The lowest BCUT2D eigenvalue weighted by Gasteiger charge is -2.16. The Kier molecular flexibility index (Phi) is 4.42. The van der Waals surface area contributed by atoms with E-state index in [4.69, 9.17) is 9.26 Å². The first-order chi connectivity index (χ1) is 11.1. The van der Waals surface area contributed by atoms with Crippen molar-refractivity contribution < 1.29 is 14.1 Å². The molecule has 0 unspecified atom stereocenters. The van der Waals surface area contributed by atoms with Gasteiger partial charge in [0.05, 0.1) is 12.5 Å². The number of likely N-dealkylation sites (tertiary alicyclic amines) is 1. The van der Waals surface area contributed by atoms with Gasteiger partial charge in [-0.15, -0.1) is 0 Å². The molecule has 2 aromatic rings. The van der Waals surface area contributed by atoms with Crippen LogP contribution >= 0.6 is 0 Å². The summed E-state index contributed by atoms with van der Waals surface area (Å²) in [6.45, 7) is 6.11. The summed E-state index contributed by atoms with van der Waals surface area (Å²) in [6, 6.07) is 1.75. The number of carbonyl (C=O) groups excluding carboxylic acids is 1. The Morgan fingerprint density at radius 1 is 1.48 bits per heavy atom. The van der Waals surface area contributed by atoms with E-state index in [1.165, 1.54) is 0 Å². The summed E-state index contributed by atoms with van der Waals surface area (Å²) in [5.41, 5.74) is 0.603. The maximum absolute atomic E-state index is 12.8. The highest BCUT2D eigenvalue weighted by molar-refractivity contribution is 5.92. The quantitative estimate of drug-likeness (QED) is 0.820. The summed E-state index contributed by atoms with van der Waals surface area (Å²) in [5, 5.41) is 8.03. The molecule has 23 heavy (non-hydrogen) atoms. The molecule has 0 radical (unpaired) electrons. The molecule has 0 aromatic carbocycles. The number of ether oxygens (including phenoxy) is 1. The standard InChI is InChI=1S/C15H21N5O3/c1-4-20-13(5-6-16-20)15(21)19-7-11(9-22-3)12(8-19)14-17-10(2)18-23-14/h5-6,11-12H,4,7-9H2,1-3H3/t11-,12+/m0/s1. The van der Waals surface area contributed by atoms with Gasteiger partial charge in [-0.25, -0.2) is 0 Å². The fourth-order valence-corrected chi connectivity index (χ4v) is 3.09. The zero-order valence-electron chi connectivity index (χ0n) is 13.6. The van der Waals surface area contributed by atoms with Crippen molar-refractivity contribution >= 4 is 5.91 Å². The second kappa shape index (κ2) is 6.49. The summed E-state index contributed by atoms with van der Waals surface area (Å²) in [6.07, 6.45) is 1.65. The van der Waals surface area contributed by atoms with Gasteiger partial charge in [0.15, 0.2) is 5.82 Å². The van der Waals surface area contributed by atoms with Crippen LogP contribution in [-0.2, 0) is 11.3 Å². The third-order valence-electron chi connectivity index (χ3n) is 4.20. The van der Waals surface area contributed by atoms with Crippen molar-refractivity contribution in [2.45, 2.75) is 26.3 Å². The van der Waals surface area contributed by atoms with Crippen molar-refractivity contribution in [1.82, 2.24) is 24.8 Å². The summed E-state index contributed by atoms with van der Waals surface area (Å²) < 4.78 is 12.3. The van der Waals surface area contributed by atoms with Gasteiger partial charge in [0.1, 0.15) is 5.69 Å². The van der Waals surface area contributed by atoms with E-state index in [1.807, 2.05) is 11.8 Å². The predicted molar refractivity (Wildman–Crippen MR) is 80.9 cm³/mol. The molecule has 0 N–H and O–H groups in total. The van der Waals surface area contributed by atoms with E-state index in [0.717, 1.165) is 0 Å². The molecular formula is C15H21N5O3. The fraction of sp³-hybridized carbons (Fsp3) is 0.600. The van der Waals surface area contributed by atoms with Crippen LogP contribution in [0.15, 0.2) is 16.8 Å². The summed E-state index contributed by atoms with van der Waals surface area (Å²) in [5.74, 6) is 1.29. The number of rotatable bonds is 5. The van der Waals surface area contributed by atoms with E-state index >= 15 is 0 Å². The van der Waals surface area contributed by atoms with Crippen molar-refractivity contribution in [2.75, 3.05) is 26.8 Å². The molecule has 8 nitrogen and oxygen atoms in total. The Labute approximate surface area is 134 Å².